The van der Waals surface area contributed by atoms with Gasteiger partial charge in [0.2, 0.25) is 0 Å². The zero-order valence-electron chi connectivity index (χ0n) is 13.0. The zero-order valence-corrected chi connectivity index (χ0v) is 14.0. The molecule has 0 spiro atoms. The van der Waals surface area contributed by atoms with Gasteiger partial charge in [0.05, 0.1) is 8.07 Å². The first-order valence-electron chi connectivity index (χ1n) is 7.67. The van der Waals surface area contributed by atoms with Crippen molar-refractivity contribution in [1.29, 1.82) is 0 Å². The van der Waals surface area contributed by atoms with Gasteiger partial charge in [0.15, 0.2) is 0 Å². The fraction of sp³-hybridized carbons (Fsp3) is 0.500. The van der Waals surface area contributed by atoms with Crippen molar-refractivity contribution in [3.05, 3.63) is 52.9 Å². The van der Waals surface area contributed by atoms with Crippen molar-refractivity contribution < 1.29 is 0 Å². The summed E-state index contributed by atoms with van der Waals surface area (Å²) < 4.78 is 0. The molecule has 0 aromatic heterocycles. The molecule has 0 N–H and O–H groups in total. The van der Waals surface area contributed by atoms with Crippen molar-refractivity contribution in [3.8, 4) is 0 Å². The van der Waals surface area contributed by atoms with E-state index in [0.29, 0.717) is 0 Å². The van der Waals surface area contributed by atoms with E-state index < -0.39 is 8.07 Å². The van der Waals surface area contributed by atoms with E-state index in [-0.39, 0.29) is 0 Å². The molecule has 0 aliphatic carbocycles. The molecule has 0 unspecified atom stereocenters. The van der Waals surface area contributed by atoms with Gasteiger partial charge in [-0.2, -0.15) is 0 Å². The third-order valence-corrected chi connectivity index (χ3v) is 10.2. The highest BCUT2D eigenvalue weighted by atomic mass is 28.3. The summed E-state index contributed by atoms with van der Waals surface area (Å²) in [7, 11) is -1.25. The van der Waals surface area contributed by atoms with E-state index in [1.165, 1.54) is 30.1 Å². The minimum Gasteiger partial charge on any atom is -0.131 e. The van der Waals surface area contributed by atoms with Crippen molar-refractivity contribution >= 4 is 8.07 Å². The van der Waals surface area contributed by atoms with Crippen LogP contribution >= 0.6 is 0 Å². The highest BCUT2D eigenvalue weighted by Gasteiger charge is 2.30. The van der Waals surface area contributed by atoms with Crippen LogP contribution in [0.5, 0.6) is 0 Å². The van der Waals surface area contributed by atoms with Crippen molar-refractivity contribution in [3.63, 3.8) is 0 Å². The molecule has 0 fully saturated rings. The van der Waals surface area contributed by atoms with Crippen molar-refractivity contribution in [2.75, 3.05) is 0 Å². The topological polar surface area (TPSA) is 0 Å². The van der Waals surface area contributed by atoms with Crippen LogP contribution in [0.15, 0.2) is 47.3 Å². The Hall–Kier alpha value is -1.04. The molecule has 1 heteroatoms. The van der Waals surface area contributed by atoms with Crippen LogP contribution in [0.4, 0.5) is 0 Å². The van der Waals surface area contributed by atoms with E-state index >= 15 is 0 Å². The summed E-state index contributed by atoms with van der Waals surface area (Å²) in [5, 5.41) is 1.64. The van der Waals surface area contributed by atoms with E-state index in [0.717, 1.165) is 6.42 Å². The molecule has 0 radical (unpaired) electrons. The van der Waals surface area contributed by atoms with Gasteiger partial charge in [-0.25, -0.2) is 0 Å². The molecule has 0 nitrogen and oxygen atoms in total. The highest BCUT2D eigenvalue weighted by Crippen LogP contribution is 2.30. The minimum absolute atomic E-state index is 1.16. The lowest BCUT2D eigenvalue weighted by Crippen LogP contribution is -2.34. The number of benzene rings is 1. The maximum atomic E-state index is 3.60. The Morgan fingerprint density at radius 1 is 1.05 bits per heavy atom. The van der Waals surface area contributed by atoms with Crippen LogP contribution in [0.25, 0.3) is 0 Å². The summed E-state index contributed by atoms with van der Waals surface area (Å²) >= 11 is 0. The van der Waals surface area contributed by atoms with E-state index in [1.54, 1.807) is 5.20 Å². The van der Waals surface area contributed by atoms with Gasteiger partial charge in [-0.3, -0.25) is 0 Å². The third-order valence-electron chi connectivity index (χ3n) is 4.50. The molecule has 0 atom stereocenters. The number of aryl methyl sites for hydroxylation is 1. The number of rotatable bonds is 7. The van der Waals surface area contributed by atoms with Gasteiger partial charge in [-0.1, -0.05) is 69.2 Å². The van der Waals surface area contributed by atoms with Crippen molar-refractivity contribution in [1.82, 2.24) is 0 Å². The lowest BCUT2D eigenvalue weighted by molar-refractivity contribution is 0.961. The van der Waals surface area contributed by atoms with Crippen LogP contribution in [0.2, 0.25) is 18.1 Å². The zero-order chi connectivity index (χ0) is 14.1. The van der Waals surface area contributed by atoms with Gasteiger partial charge in [-0.15, -0.1) is 5.73 Å². The van der Waals surface area contributed by atoms with E-state index in [4.69, 9.17) is 0 Å². The summed E-state index contributed by atoms with van der Waals surface area (Å²) in [5.74, 6) is 0. The normalized spacial score (nSPS) is 10.9. The lowest BCUT2D eigenvalue weighted by Gasteiger charge is -2.30. The Morgan fingerprint density at radius 2 is 1.63 bits per heavy atom. The standard InChI is InChI=1S/C18H28Si/c1-5-12-18(19(6-2,7-3)8-4)16-15-17-13-10-9-11-14-17/h5,9-11,13-14H,6-8,15-16H2,1-4H3. The highest BCUT2D eigenvalue weighted by molar-refractivity contribution is 6.86. The minimum atomic E-state index is -1.25. The predicted molar refractivity (Wildman–Crippen MR) is 89.2 cm³/mol. The second kappa shape index (κ2) is 8.19. The maximum Gasteiger partial charge on any atom is 0.0906 e. The maximum absolute atomic E-state index is 3.60. The average molecular weight is 273 g/mol. The van der Waals surface area contributed by atoms with Gasteiger partial charge in [-0.05, 0) is 36.6 Å². The van der Waals surface area contributed by atoms with E-state index in [1.807, 2.05) is 0 Å². The molecule has 1 aromatic carbocycles. The lowest BCUT2D eigenvalue weighted by atomic mass is 10.1. The van der Waals surface area contributed by atoms with Crippen LogP contribution in [0.1, 0.15) is 39.7 Å². The molecule has 0 aliphatic heterocycles. The summed E-state index contributed by atoms with van der Waals surface area (Å²) in [4.78, 5) is 0. The van der Waals surface area contributed by atoms with Crippen LogP contribution in [0.3, 0.4) is 0 Å². The first-order chi connectivity index (χ1) is 9.22. The van der Waals surface area contributed by atoms with Crippen molar-refractivity contribution in [2.24, 2.45) is 0 Å². The fourth-order valence-corrected chi connectivity index (χ4v) is 6.86. The molecule has 0 saturated heterocycles. The Bertz CT molecular complexity index is 412. The second-order valence-electron chi connectivity index (χ2n) is 5.24. The average Bonchev–Trinajstić information content (AvgIpc) is 2.48. The quantitative estimate of drug-likeness (QED) is 0.437. The summed E-state index contributed by atoms with van der Waals surface area (Å²) in [6, 6.07) is 14.9. The third kappa shape index (κ3) is 4.23. The van der Waals surface area contributed by atoms with Crippen LogP contribution < -0.4 is 0 Å². The molecule has 104 valence electrons. The van der Waals surface area contributed by atoms with Gasteiger partial charge >= 0.3 is 0 Å². The number of hydrogen-bond donors (Lipinski definition) is 0. The summed E-state index contributed by atoms with van der Waals surface area (Å²) in [6.45, 7) is 9.22. The first kappa shape index (κ1) is 16.0. The van der Waals surface area contributed by atoms with E-state index in [2.05, 4.69) is 69.8 Å². The second-order valence-corrected chi connectivity index (χ2v) is 10.5. The Balaban J connectivity index is 2.88. The van der Waals surface area contributed by atoms with E-state index in [9.17, 15) is 0 Å². The molecule has 0 amide bonds. The molecule has 0 bridgehead atoms. The largest absolute Gasteiger partial charge is 0.131 e. The predicted octanol–water partition coefficient (Wildman–Crippen LogP) is 5.77. The Labute approximate surface area is 120 Å². The molecule has 0 saturated carbocycles. The first-order valence-corrected chi connectivity index (χ1v) is 10.3. The van der Waals surface area contributed by atoms with Gasteiger partial charge in [0, 0.05) is 0 Å². The molecular weight excluding hydrogens is 244 g/mol. The monoisotopic (exact) mass is 272 g/mol. The molecule has 19 heavy (non-hydrogen) atoms. The Kier molecular flexibility index (Phi) is 6.90. The van der Waals surface area contributed by atoms with Crippen LogP contribution in [-0.2, 0) is 6.42 Å². The molecular formula is C18H28Si. The molecule has 0 heterocycles. The molecule has 1 aromatic rings. The van der Waals surface area contributed by atoms with Crippen molar-refractivity contribution in [2.45, 2.75) is 58.7 Å². The SMILES string of the molecule is CC=C=C(CCc1ccccc1)[Si](CC)(CC)CC. The summed E-state index contributed by atoms with van der Waals surface area (Å²) in [6.07, 6.45) is 4.46. The summed E-state index contributed by atoms with van der Waals surface area (Å²) in [5.41, 5.74) is 5.05. The van der Waals surface area contributed by atoms with Crippen LogP contribution in [0, 0.1) is 0 Å². The van der Waals surface area contributed by atoms with Gasteiger partial charge in [0.1, 0.15) is 0 Å². The Morgan fingerprint density at radius 3 is 2.11 bits per heavy atom. The molecule has 1 rings (SSSR count). The van der Waals surface area contributed by atoms with Gasteiger partial charge in [0.25, 0.3) is 0 Å². The van der Waals surface area contributed by atoms with Crippen LogP contribution in [-0.4, -0.2) is 8.07 Å². The molecule has 0 aliphatic rings. The smallest absolute Gasteiger partial charge is 0.0906 e. The van der Waals surface area contributed by atoms with Gasteiger partial charge < -0.3 is 0 Å². The number of hydrogen-bond acceptors (Lipinski definition) is 0. The number of allylic oxidation sites excluding steroid dienone is 1. The fourth-order valence-electron chi connectivity index (χ4n) is 2.97.